The number of hydrogen-bond donors (Lipinski definition) is 1. The summed E-state index contributed by atoms with van der Waals surface area (Å²) in [5, 5.41) is 7.37. The van der Waals surface area contributed by atoms with Gasteiger partial charge in [-0.2, -0.15) is 5.10 Å². The molecule has 27 heavy (non-hydrogen) atoms. The third kappa shape index (κ3) is 3.49. The molecule has 3 aromatic rings. The van der Waals surface area contributed by atoms with E-state index in [-0.39, 0.29) is 17.8 Å². The van der Waals surface area contributed by atoms with Crippen molar-refractivity contribution in [1.82, 2.24) is 19.9 Å². The first-order valence-electron chi connectivity index (χ1n) is 9.19. The SMILES string of the molecule is Cc1cn2nc(C(=O)N[C@H](C)c3ccc(F)cc3)cc2c(N2CCCC2)n1. The van der Waals surface area contributed by atoms with Crippen LogP contribution in [0.4, 0.5) is 10.2 Å². The quantitative estimate of drug-likeness (QED) is 0.769. The van der Waals surface area contributed by atoms with Crippen molar-refractivity contribution < 1.29 is 9.18 Å². The number of hydrogen-bond acceptors (Lipinski definition) is 4. The molecular formula is C20H22FN5O. The molecule has 1 amide bonds. The zero-order valence-corrected chi connectivity index (χ0v) is 15.4. The third-order valence-electron chi connectivity index (χ3n) is 4.91. The number of amides is 1. The van der Waals surface area contributed by atoms with Gasteiger partial charge in [-0.25, -0.2) is 13.9 Å². The van der Waals surface area contributed by atoms with E-state index in [1.165, 1.54) is 12.1 Å². The van der Waals surface area contributed by atoms with Gasteiger partial charge in [-0.3, -0.25) is 4.79 Å². The van der Waals surface area contributed by atoms with Gasteiger partial charge in [-0.05, 0) is 44.4 Å². The number of nitrogens with zero attached hydrogens (tertiary/aromatic N) is 4. The van der Waals surface area contributed by atoms with Gasteiger partial charge in [0, 0.05) is 19.2 Å². The molecule has 3 heterocycles. The second kappa shape index (κ2) is 6.98. The molecule has 0 bridgehead atoms. The number of carbonyl (C=O) groups is 1. The molecule has 4 rings (SSSR count). The maximum Gasteiger partial charge on any atom is 0.272 e. The molecule has 0 saturated carbocycles. The number of carbonyl (C=O) groups excluding carboxylic acids is 1. The first kappa shape index (κ1) is 17.5. The Hall–Kier alpha value is -2.96. The van der Waals surface area contributed by atoms with Gasteiger partial charge >= 0.3 is 0 Å². The van der Waals surface area contributed by atoms with E-state index >= 15 is 0 Å². The van der Waals surface area contributed by atoms with E-state index in [1.807, 2.05) is 20.0 Å². The van der Waals surface area contributed by atoms with Crippen LogP contribution in [-0.4, -0.2) is 33.6 Å². The summed E-state index contributed by atoms with van der Waals surface area (Å²) in [6.07, 6.45) is 4.13. The Kier molecular flexibility index (Phi) is 4.51. The molecule has 1 aliphatic heterocycles. The lowest BCUT2D eigenvalue weighted by Gasteiger charge is -2.17. The number of anilines is 1. The van der Waals surface area contributed by atoms with Gasteiger partial charge in [0.25, 0.3) is 5.91 Å². The van der Waals surface area contributed by atoms with Crippen molar-refractivity contribution in [3.8, 4) is 0 Å². The Morgan fingerprint density at radius 1 is 1.22 bits per heavy atom. The molecule has 0 radical (unpaired) electrons. The molecule has 0 aliphatic carbocycles. The summed E-state index contributed by atoms with van der Waals surface area (Å²) in [7, 11) is 0. The van der Waals surface area contributed by atoms with Crippen LogP contribution in [0.3, 0.4) is 0 Å². The number of benzene rings is 1. The summed E-state index contributed by atoms with van der Waals surface area (Å²) < 4.78 is 14.8. The first-order chi connectivity index (χ1) is 13.0. The van der Waals surface area contributed by atoms with Crippen LogP contribution >= 0.6 is 0 Å². The van der Waals surface area contributed by atoms with Crippen LogP contribution in [0, 0.1) is 12.7 Å². The smallest absolute Gasteiger partial charge is 0.272 e. The maximum absolute atomic E-state index is 13.1. The Labute approximate surface area is 157 Å². The first-order valence-corrected chi connectivity index (χ1v) is 9.19. The Balaban J connectivity index is 1.60. The lowest BCUT2D eigenvalue weighted by atomic mass is 10.1. The molecular weight excluding hydrogens is 345 g/mol. The fraction of sp³-hybridized carbons (Fsp3) is 0.350. The van der Waals surface area contributed by atoms with Crippen LogP contribution < -0.4 is 10.2 Å². The molecule has 1 atom stereocenters. The van der Waals surface area contributed by atoms with Crippen LogP contribution in [-0.2, 0) is 0 Å². The number of halogens is 1. The molecule has 1 aliphatic rings. The number of aryl methyl sites for hydroxylation is 1. The highest BCUT2D eigenvalue weighted by Crippen LogP contribution is 2.25. The minimum Gasteiger partial charge on any atom is -0.355 e. The molecule has 1 aromatic carbocycles. The Morgan fingerprint density at radius 3 is 2.63 bits per heavy atom. The van der Waals surface area contributed by atoms with Crippen LogP contribution in [0.15, 0.2) is 36.5 Å². The monoisotopic (exact) mass is 367 g/mol. The van der Waals surface area contributed by atoms with Crippen LogP contribution in [0.25, 0.3) is 5.52 Å². The molecule has 1 fully saturated rings. The average Bonchev–Trinajstić information content (AvgIpc) is 3.31. The number of fused-ring (bicyclic) bond motifs is 1. The highest BCUT2D eigenvalue weighted by atomic mass is 19.1. The topological polar surface area (TPSA) is 62.5 Å². The lowest BCUT2D eigenvalue weighted by Crippen LogP contribution is -2.27. The molecule has 1 N–H and O–H groups in total. The molecule has 0 spiro atoms. The highest BCUT2D eigenvalue weighted by Gasteiger charge is 2.21. The van der Waals surface area contributed by atoms with Crippen molar-refractivity contribution in [1.29, 1.82) is 0 Å². The van der Waals surface area contributed by atoms with E-state index in [0.717, 1.165) is 48.5 Å². The third-order valence-corrected chi connectivity index (χ3v) is 4.91. The number of rotatable bonds is 4. The van der Waals surface area contributed by atoms with Gasteiger partial charge in [0.2, 0.25) is 0 Å². The molecule has 7 heteroatoms. The molecule has 140 valence electrons. The predicted molar refractivity (Wildman–Crippen MR) is 101 cm³/mol. The molecule has 2 aromatic heterocycles. The van der Waals surface area contributed by atoms with Crippen molar-refractivity contribution in [2.75, 3.05) is 18.0 Å². The number of aromatic nitrogens is 3. The summed E-state index contributed by atoms with van der Waals surface area (Å²) in [4.78, 5) is 19.6. The van der Waals surface area contributed by atoms with Gasteiger partial charge in [-0.1, -0.05) is 12.1 Å². The van der Waals surface area contributed by atoms with Crippen LogP contribution in [0.5, 0.6) is 0 Å². The van der Waals surface area contributed by atoms with Crippen molar-refractivity contribution in [3.63, 3.8) is 0 Å². The van der Waals surface area contributed by atoms with Crippen molar-refractivity contribution in [2.24, 2.45) is 0 Å². The maximum atomic E-state index is 13.1. The average molecular weight is 367 g/mol. The minimum absolute atomic E-state index is 0.249. The van der Waals surface area contributed by atoms with Gasteiger partial charge in [0.05, 0.1) is 17.9 Å². The summed E-state index contributed by atoms with van der Waals surface area (Å²) in [5.74, 6) is 0.320. The Bertz CT molecular complexity index is 976. The fourth-order valence-corrected chi connectivity index (χ4v) is 3.47. The van der Waals surface area contributed by atoms with E-state index in [4.69, 9.17) is 0 Å². The van der Waals surface area contributed by atoms with Gasteiger partial charge in [-0.15, -0.1) is 0 Å². The second-order valence-electron chi connectivity index (χ2n) is 7.01. The van der Waals surface area contributed by atoms with Crippen molar-refractivity contribution in [2.45, 2.75) is 32.7 Å². The highest BCUT2D eigenvalue weighted by molar-refractivity contribution is 5.94. The van der Waals surface area contributed by atoms with Crippen LogP contribution in [0.2, 0.25) is 0 Å². The lowest BCUT2D eigenvalue weighted by molar-refractivity contribution is 0.0934. The summed E-state index contributed by atoms with van der Waals surface area (Å²) in [6.45, 7) is 5.74. The van der Waals surface area contributed by atoms with Gasteiger partial charge in [0.15, 0.2) is 11.5 Å². The van der Waals surface area contributed by atoms with E-state index in [1.54, 1.807) is 22.7 Å². The summed E-state index contributed by atoms with van der Waals surface area (Å²) in [5.41, 5.74) is 2.88. The van der Waals surface area contributed by atoms with E-state index < -0.39 is 0 Å². The van der Waals surface area contributed by atoms with E-state index in [0.29, 0.717) is 5.69 Å². The van der Waals surface area contributed by atoms with E-state index in [9.17, 15) is 9.18 Å². The van der Waals surface area contributed by atoms with E-state index in [2.05, 4.69) is 20.3 Å². The summed E-state index contributed by atoms with van der Waals surface area (Å²) >= 11 is 0. The largest absolute Gasteiger partial charge is 0.355 e. The van der Waals surface area contributed by atoms with Gasteiger partial charge < -0.3 is 10.2 Å². The van der Waals surface area contributed by atoms with Crippen LogP contribution in [0.1, 0.15) is 47.6 Å². The molecule has 1 saturated heterocycles. The standard InChI is InChI=1S/C20H22FN5O/c1-13-12-26-18(19(22-13)25-9-3-4-10-25)11-17(24-26)20(27)23-14(2)15-5-7-16(21)8-6-15/h5-8,11-12,14H,3-4,9-10H2,1-2H3,(H,23,27)/t14-/m1/s1. The van der Waals surface area contributed by atoms with Crippen molar-refractivity contribution in [3.05, 3.63) is 59.3 Å². The Morgan fingerprint density at radius 2 is 1.93 bits per heavy atom. The molecule has 0 unspecified atom stereocenters. The molecule has 6 nitrogen and oxygen atoms in total. The zero-order chi connectivity index (χ0) is 19.0. The summed E-state index contributed by atoms with van der Waals surface area (Å²) in [6, 6.07) is 7.65. The fourth-order valence-electron chi connectivity index (χ4n) is 3.47. The van der Waals surface area contributed by atoms with Crippen molar-refractivity contribution >= 4 is 17.2 Å². The zero-order valence-electron chi connectivity index (χ0n) is 15.4. The predicted octanol–water partition coefficient (Wildman–Crippen LogP) is 3.27. The number of nitrogens with one attached hydrogen (secondary N) is 1. The second-order valence-corrected chi connectivity index (χ2v) is 7.01. The normalized spacial score (nSPS) is 15.3. The minimum atomic E-state index is -0.296. The van der Waals surface area contributed by atoms with Gasteiger partial charge in [0.1, 0.15) is 11.3 Å².